The van der Waals surface area contributed by atoms with E-state index in [4.69, 9.17) is 21.9 Å². The largest absolute Gasteiger partial charge is 0.398 e. The summed E-state index contributed by atoms with van der Waals surface area (Å²) < 4.78 is 5.34. The maximum atomic E-state index is 5.99. The molecular formula is C14H17ClN4O. The monoisotopic (exact) mass is 292 g/mol. The summed E-state index contributed by atoms with van der Waals surface area (Å²) in [5.74, 6) is 1.06. The van der Waals surface area contributed by atoms with Gasteiger partial charge in [-0.15, -0.1) is 0 Å². The van der Waals surface area contributed by atoms with Crippen LogP contribution in [0.1, 0.15) is 25.7 Å². The zero-order chi connectivity index (χ0) is 13.9. The van der Waals surface area contributed by atoms with E-state index in [-0.39, 0.29) is 0 Å². The van der Waals surface area contributed by atoms with Crippen LogP contribution >= 0.6 is 11.6 Å². The van der Waals surface area contributed by atoms with Gasteiger partial charge in [0.15, 0.2) is 0 Å². The van der Waals surface area contributed by atoms with Gasteiger partial charge in [0.05, 0.1) is 5.56 Å². The van der Waals surface area contributed by atoms with Gasteiger partial charge in [-0.3, -0.25) is 0 Å². The van der Waals surface area contributed by atoms with Crippen molar-refractivity contribution in [3.8, 4) is 11.5 Å². The molecule has 1 aliphatic rings. The fourth-order valence-electron chi connectivity index (χ4n) is 2.44. The van der Waals surface area contributed by atoms with Crippen molar-refractivity contribution in [1.29, 1.82) is 0 Å². The third-order valence-electron chi connectivity index (χ3n) is 3.55. The molecule has 1 aromatic carbocycles. The first-order valence-electron chi connectivity index (χ1n) is 6.88. The van der Waals surface area contributed by atoms with E-state index in [1.165, 1.54) is 25.7 Å². The Kier molecular flexibility index (Phi) is 3.78. The molecule has 2 N–H and O–H groups in total. The van der Waals surface area contributed by atoms with E-state index in [1.807, 2.05) is 0 Å². The number of nitrogens with zero attached hydrogens (tertiary/aromatic N) is 3. The molecule has 3 rings (SSSR count). The van der Waals surface area contributed by atoms with Crippen molar-refractivity contribution in [2.45, 2.75) is 25.7 Å². The number of benzene rings is 1. The van der Waals surface area contributed by atoms with E-state index >= 15 is 0 Å². The summed E-state index contributed by atoms with van der Waals surface area (Å²) in [5.41, 5.74) is 7.20. The quantitative estimate of drug-likeness (QED) is 0.860. The van der Waals surface area contributed by atoms with Gasteiger partial charge in [0, 0.05) is 23.8 Å². The molecule has 0 radical (unpaired) electrons. The first kappa shape index (κ1) is 13.2. The summed E-state index contributed by atoms with van der Waals surface area (Å²) in [6.07, 6.45) is 4.87. The van der Waals surface area contributed by atoms with Gasteiger partial charge >= 0.3 is 0 Å². The molecule has 1 aromatic heterocycles. The van der Waals surface area contributed by atoms with Crippen molar-refractivity contribution in [2.24, 2.45) is 0 Å². The molecule has 1 aliphatic heterocycles. The van der Waals surface area contributed by atoms with Crippen LogP contribution in [-0.4, -0.2) is 23.2 Å². The molecule has 1 saturated heterocycles. The highest BCUT2D eigenvalue weighted by atomic mass is 35.5. The van der Waals surface area contributed by atoms with Crippen LogP contribution in [0.4, 0.5) is 11.6 Å². The molecule has 0 atom stereocenters. The second-order valence-electron chi connectivity index (χ2n) is 5.03. The van der Waals surface area contributed by atoms with E-state index in [9.17, 15) is 0 Å². The maximum Gasteiger partial charge on any atom is 0.266 e. The minimum atomic E-state index is 0.421. The minimum absolute atomic E-state index is 0.421. The molecule has 20 heavy (non-hydrogen) atoms. The SMILES string of the molecule is Nc1ccc(Cl)cc1-c1nc(N2CCCCCC2)no1. The second-order valence-corrected chi connectivity index (χ2v) is 5.47. The number of nitrogen functional groups attached to an aromatic ring is 1. The predicted molar refractivity (Wildman–Crippen MR) is 79.8 cm³/mol. The van der Waals surface area contributed by atoms with Crippen molar-refractivity contribution < 1.29 is 4.52 Å². The van der Waals surface area contributed by atoms with Gasteiger partial charge in [0.25, 0.3) is 11.8 Å². The smallest absolute Gasteiger partial charge is 0.266 e. The van der Waals surface area contributed by atoms with Crippen LogP contribution in [0.25, 0.3) is 11.5 Å². The molecule has 0 bridgehead atoms. The van der Waals surface area contributed by atoms with Crippen LogP contribution < -0.4 is 10.6 Å². The van der Waals surface area contributed by atoms with E-state index in [0.29, 0.717) is 28.1 Å². The molecule has 0 aliphatic carbocycles. The fourth-order valence-corrected chi connectivity index (χ4v) is 2.61. The summed E-state index contributed by atoms with van der Waals surface area (Å²) in [5, 5.41) is 4.67. The van der Waals surface area contributed by atoms with Gasteiger partial charge in [-0.05, 0) is 36.2 Å². The maximum absolute atomic E-state index is 5.99. The van der Waals surface area contributed by atoms with Gasteiger partial charge < -0.3 is 15.2 Å². The number of halogens is 1. The highest BCUT2D eigenvalue weighted by molar-refractivity contribution is 6.31. The normalized spacial score (nSPS) is 16.1. The number of rotatable bonds is 2. The lowest BCUT2D eigenvalue weighted by molar-refractivity contribution is 0.429. The lowest BCUT2D eigenvalue weighted by atomic mass is 10.2. The molecule has 2 aromatic rings. The fraction of sp³-hybridized carbons (Fsp3) is 0.429. The lowest BCUT2D eigenvalue weighted by Crippen LogP contribution is -2.24. The number of hydrogen-bond acceptors (Lipinski definition) is 5. The van der Waals surface area contributed by atoms with E-state index in [2.05, 4.69) is 15.0 Å². The molecule has 0 unspecified atom stereocenters. The molecule has 0 saturated carbocycles. The summed E-state index contributed by atoms with van der Waals surface area (Å²) in [4.78, 5) is 6.62. The van der Waals surface area contributed by atoms with Crippen molar-refractivity contribution in [3.63, 3.8) is 0 Å². The predicted octanol–water partition coefficient (Wildman–Crippen LogP) is 3.35. The van der Waals surface area contributed by atoms with Crippen LogP contribution in [0.15, 0.2) is 22.7 Å². The minimum Gasteiger partial charge on any atom is -0.398 e. The van der Waals surface area contributed by atoms with Crippen LogP contribution in [-0.2, 0) is 0 Å². The molecule has 106 valence electrons. The number of anilines is 2. The molecule has 0 amide bonds. The van der Waals surface area contributed by atoms with Crippen molar-refractivity contribution in [1.82, 2.24) is 10.1 Å². The first-order chi connectivity index (χ1) is 9.74. The topological polar surface area (TPSA) is 68.2 Å². The molecule has 1 fully saturated rings. The van der Waals surface area contributed by atoms with Crippen molar-refractivity contribution in [2.75, 3.05) is 23.7 Å². The number of aromatic nitrogens is 2. The Labute approximate surface area is 122 Å². The summed E-state index contributed by atoms with van der Waals surface area (Å²) in [7, 11) is 0. The van der Waals surface area contributed by atoms with Crippen LogP contribution in [0.5, 0.6) is 0 Å². The highest BCUT2D eigenvalue weighted by Crippen LogP contribution is 2.29. The Hall–Kier alpha value is -1.75. The van der Waals surface area contributed by atoms with Gasteiger partial charge in [0.2, 0.25) is 0 Å². The van der Waals surface area contributed by atoms with Crippen molar-refractivity contribution in [3.05, 3.63) is 23.2 Å². The van der Waals surface area contributed by atoms with E-state index < -0.39 is 0 Å². The van der Waals surface area contributed by atoms with Gasteiger partial charge in [-0.2, -0.15) is 4.98 Å². The average Bonchev–Trinajstić information content (AvgIpc) is 2.77. The summed E-state index contributed by atoms with van der Waals surface area (Å²) >= 11 is 5.99. The Morgan fingerprint density at radius 1 is 1.15 bits per heavy atom. The number of nitrogens with two attached hydrogens (primary N) is 1. The molecule has 5 nitrogen and oxygen atoms in total. The Morgan fingerprint density at radius 2 is 1.90 bits per heavy atom. The third kappa shape index (κ3) is 2.72. The lowest BCUT2D eigenvalue weighted by Gasteiger charge is -2.16. The highest BCUT2D eigenvalue weighted by Gasteiger charge is 2.18. The number of hydrogen-bond donors (Lipinski definition) is 1. The zero-order valence-electron chi connectivity index (χ0n) is 11.2. The van der Waals surface area contributed by atoms with Crippen molar-refractivity contribution >= 4 is 23.2 Å². The zero-order valence-corrected chi connectivity index (χ0v) is 11.9. The second kappa shape index (κ2) is 5.71. The van der Waals surface area contributed by atoms with Gasteiger partial charge in [-0.25, -0.2) is 0 Å². The van der Waals surface area contributed by atoms with E-state index in [1.54, 1.807) is 18.2 Å². The van der Waals surface area contributed by atoms with Gasteiger partial charge in [-0.1, -0.05) is 24.4 Å². The van der Waals surface area contributed by atoms with Crippen LogP contribution in [0.2, 0.25) is 5.02 Å². The van der Waals surface area contributed by atoms with E-state index in [0.717, 1.165) is 13.1 Å². The van der Waals surface area contributed by atoms with Crippen LogP contribution in [0.3, 0.4) is 0 Å². The summed E-state index contributed by atoms with van der Waals surface area (Å²) in [6.45, 7) is 1.95. The standard InChI is InChI=1S/C14H17ClN4O/c15-10-5-6-12(16)11(9-10)13-17-14(18-20-13)19-7-3-1-2-4-8-19/h5-6,9H,1-4,7-8,16H2. The molecule has 2 heterocycles. The first-order valence-corrected chi connectivity index (χ1v) is 7.26. The summed E-state index contributed by atoms with van der Waals surface area (Å²) in [6, 6.07) is 5.23. The van der Waals surface area contributed by atoms with Gasteiger partial charge in [0.1, 0.15) is 0 Å². The average molecular weight is 293 g/mol. The molecular weight excluding hydrogens is 276 g/mol. The molecule has 6 heteroatoms. The molecule has 0 spiro atoms. The third-order valence-corrected chi connectivity index (χ3v) is 3.79. The Balaban J connectivity index is 1.87. The Bertz CT molecular complexity index is 591. The Morgan fingerprint density at radius 3 is 2.65 bits per heavy atom. The van der Waals surface area contributed by atoms with Crippen LogP contribution in [0, 0.1) is 0 Å².